The molecule has 1 aromatic rings. The number of rotatable bonds is 8. The molecule has 0 aromatic heterocycles. The van der Waals surface area contributed by atoms with Gasteiger partial charge in [0.1, 0.15) is 12.3 Å². The molecule has 1 aromatic carbocycles. The first-order chi connectivity index (χ1) is 8.70. The van der Waals surface area contributed by atoms with Crippen molar-refractivity contribution < 1.29 is 19.4 Å². The van der Waals surface area contributed by atoms with E-state index in [1.807, 2.05) is 0 Å². The summed E-state index contributed by atoms with van der Waals surface area (Å²) in [5.41, 5.74) is 5.37. The van der Waals surface area contributed by atoms with E-state index in [-0.39, 0.29) is 18.0 Å². The van der Waals surface area contributed by atoms with Crippen LogP contribution in [0.25, 0.3) is 0 Å². The maximum Gasteiger partial charge on any atom is 0.339 e. The number of benzene rings is 1. The molecule has 0 fully saturated rings. The Balaban J connectivity index is 2.81. The van der Waals surface area contributed by atoms with Crippen molar-refractivity contribution in [2.75, 3.05) is 13.3 Å². The summed E-state index contributed by atoms with van der Waals surface area (Å²) >= 11 is 0. The molecule has 0 saturated heterocycles. The third-order valence-corrected chi connectivity index (χ3v) is 2.44. The van der Waals surface area contributed by atoms with E-state index >= 15 is 0 Å². The molecule has 0 spiro atoms. The molecule has 0 saturated carbocycles. The Hall–Kier alpha value is -1.75. The minimum absolute atomic E-state index is 0.0634. The Morgan fingerprint density at radius 2 is 2.11 bits per heavy atom. The summed E-state index contributed by atoms with van der Waals surface area (Å²) < 4.78 is 10.7. The predicted octanol–water partition coefficient (Wildman–Crippen LogP) is 2.25. The van der Waals surface area contributed by atoms with Gasteiger partial charge in [0.05, 0.1) is 6.61 Å². The first kappa shape index (κ1) is 14.3. The molecule has 0 aliphatic carbocycles. The monoisotopic (exact) mass is 253 g/mol. The van der Waals surface area contributed by atoms with Crippen LogP contribution in [0, 0.1) is 0 Å². The molecule has 0 bridgehead atoms. The van der Waals surface area contributed by atoms with Crippen molar-refractivity contribution in [3.05, 3.63) is 23.8 Å². The topological polar surface area (TPSA) is 81.8 Å². The minimum Gasteiger partial charge on any atom is -0.490 e. The standard InChI is InChI=1S/C13H19NO4/c1-2-3-4-8-17-11-7-5-6-10(13(15)16)12(11)18-9-14/h5-7H,2-4,8-9,14H2,1H3,(H,15,16). The number of hydrogen-bond donors (Lipinski definition) is 2. The van der Waals surface area contributed by atoms with E-state index in [1.165, 1.54) is 6.07 Å². The van der Waals surface area contributed by atoms with Gasteiger partial charge in [0.15, 0.2) is 11.5 Å². The number of para-hydroxylation sites is 1. The van der Waals surface area contributed by atoms with Crippen molar-refractivity contribution in [2.24, 2.45) is 5.73 Å². The number of unbranched alkanes of at least 4 members (excludes halogenated alkanes) is 2. The fourth-order valence-electron chi connectivity index (χ4n) is 1.56. The highest BCUT2D eigenvalue weighted by molar-refractivity contribution is 5.92. The fourth-order valence-corrected chi connectivity index (χ4v) is 1.56. The summed E-state index contributed by atoms with van der Waals surface area (Å²) in [6.45, 7) is 2.56. The largest absolute Gasteiger partial charge is 0.490 e. The van der Waals surface area contributed by atoms with Crippen molar-refractivity contribution in [3.63, 3.8) is 0 Å². The Morgan fingerprint density at radius 3 is 2.72 bits per heavy atom. The summed E-state index contributed by atoms with van der Waals surface area (Å²) in [5.74, 6) is -0.432. The number of hydrogen-bond acceptors (Lipinski definition) is 4. The molecule has 5 heteroatoms. The molecule has 0 unspecified atom stereocenters. The lowest BCUT2D eigenvalue weighted by molar-refractivity contribution is 0.0691. The van der Waals surface area contributed by atoms with E-state index in [0.717, 1.165) is 19.3 Å². The van der Waals surface area contributed by atoms with Gasteiger partial charge in [-0.15, -0.1) is 0 Å². The van der Waals surface area contributed by atoms with E-state index in [2.05, 4.69) is 6.92 Å². The Kier molecular flexibility index (Phi) is 6.00. The number of aromatic carboxylic acids is 1. The highest BCUT2D eigenvalue weighted by atomic mass is 16.5. The summed E-state index contributed by atoms with van der Waals surface area (Å²) in [6, 6.07) is 4.78. The molecule has 18 heavy (non-hydrogen) atoms. The average molecular weight is 253 g/mol. The van der Waals surface area contributed by atoms with Gasteiger partial charge in [-0.05, 0) is 18.6 Å². The van der Waals surface area contributed by atoms with Crippen molar-refractivity contribution >= 4 is 5.97 Å². The molecule has 0 heterocycles. The predicted molar refractivity (Wildman–Crippen MR) is 68.1 cm³/mol. The van der Waals surface area contributed by atoms with Gasteiger partial charge < -0.3 is 14.6 Å². The second-order valence-corrected chi connectivity index (χ2v) is 3.80. The van der Waals surface area contributed by atoms with E-state index in [1.54, 1.807) is 12.1 Å². The van der Waals surface area contributed by atoms with Crippen LogP contribution < -0.4 is 15.2 Å². The van der Waals surface area contributed by atoms with Crippen LogP contribution in [0.1, 0.15) is 36.5 Å². The highest BCUT2D eigenvalue weighted by Gasteiger charge is 2.16. The number of carbonyl (C=O) groups is 1. The summed E-state index contributed by atoms with van der Waals surface area (Å²) in [5, 5.41) is 9.05. The van der Waals surface area contributed by atoms with Crippen molar-refractivity contribution in [3.8, 4) is 11.5 Å². The molecule has 1 rings (SSSR count). The molecular weight excluding hydrogens is 234 g/mol. The molecule has 0 atom stereocenters. The molecule has 0 aliphatic rings. The molecular formula is C13H19NO4. The zero-order valence-electron chi connectivity index (χ0n) is 10.5. The van der Waals surface area contributed by atoms with E-state index in [9.17, 15) is 4.79 Å². The SMILES string of the molecule is CCCCCOc1cccc(C(=O)O)c1OCN. The van der Waals surface area contributed by atoms with Crippen molar-refractivity contribution in [1.29, 1.82) is 0 Å². The lowest BCUT2D eigenvalue weighted by Crippen LogP contribution is -2.12. The molecule has 3 N–H and O–H groups in total. The van der Waals surface area contributed by atoms with Crippen LogP contribution in [0.4, 0.5) is 0 Å². The molecule has 0 radical (unpaired) electrons. The zero-order valence-corrected chi connectivity index (χ0v) is 10.5. The maximum absolute atomic E-state index is 11.0. The van der Waals surface area contributed by atoms with Crippen LogP contribution in [0.15, 0.2) is 18.2 Å². The molecule has 5 nitrogen and oxygen atoms in total. The van der Waals surface area contributed by atoms with Gasteiger partial charge in [0.25, 0.3) is 0 Å². The third kappa shape index (κ3) is 3.92. The summed E-state index contributed by atoms with van der Waals surface area (Å²) in [4.78, 5) is 11.0. The third-order valence-electron chi connectivity index (χ3n) is 2.44. The van der Waals surface area contributed by atoms with Gasteiger partial charge in [0.2, 0.25) is 0 Å². The van der Waals surface area contributed by atoms with Gasteiger partial charge in [0, 0.05) is 0 Å². The number of carboxylic acids is 1. The van der Waals surface area contributed by atoms with Crippen LogP contribution in [0.5, 0.6) is 11.5 Å². The fraction of sp³-hybridized carbons (Fsp3) is 0.462. The normalized spacial score (nSPS) is 10.1. The number of nitrogens with two attached hydrogens (primary N) is 1. The van der Waals surface area contributed by atoms with E-state index in [4.69, 9.17) is 20.3 Å². The quantitative estimate of drug-likeness (QED) is 0.548. The molecule has 100 valence electrons. The van der Waals surface area contributed by atoms with Crippen LogP contribution in [0.3, 0.4) is 0 Å². The van der Waals surface area contributed by atoms with Crippen molar-refractivity contribution in [2.45, 2.75) is 26.2 Å². The molecule has 0 amide bonds. The zero-order chi connectivity index (χ0) is 13.4. The van der Waals surface area contributed by atoms with E-state index in [0.29, 0.717) is 12.4 Å². The van der Waals surface area contributed by atoms with Crippen LogP contribution in [-0.4, -0.2) is 24.4 Å². The number of carboxylic acid groups (broad SMARTS) is 1. The summed E-state index contributed by atoms with van der Waals surface area (Å²) in [7, 11) is 0. The smallest absolute Gasteiger partial charge is 0.339 e. The van der Waals surface area contributed by atoms with E-state index < -0.39 is 5.97 Å². The first-order valence-electron chi connectivity index (χ1n) is 6.02. The van der Waals surface area contributed by atoms with Gasteiger partial charge in [-0.25, -0.2) is 4.79 Å². The second kappa shape index (κ2) is 7.55. The lowest BCUT2D eigenvalue weighted by atomic mass is 10.2. The summed E-state index contributed by atoms with van der Waals surface area (Å²) in [6.07, 6.45) is 3.10. The molecule has 0 aliphatic heterocycles. The Labute approximate surface area is 107 Å². The Bertz CT molecular complexity index is 393. The van der Waals surface area contributed by atoms with Crippen LogP contribution in [0.2, 0.25) is 0 Å². The number of ether oxygens (including phenoxy) is 2. The average Bonchev–Trinajstić information content (AvgIpc) is 2.36. The maximum atomic E-state index is 11.0. The van der Waals surface area contributed by atoms with Gasteiger partial charge in [-0.1, -0.05) is 25.8 Å². The van der Waals surface area contributed by atoms with Crippen LogP contribution >= 0.6 is 0 Å². The van der Waals surface area contributed by atoms with Gasteiger partial charge >= 0.3 is 5.97 Å². The first-order valence-corrected chi connectivity index (χ1v) is 6.02. The Morgan fingerprint density at radius 1 is 1.33 bits per heavy atom. The highest BCUT2D eigenvalue weighted by Crippen LogP contribution is 2.31. The van der Waals surface area contributed by atoms with Crippen LogP contribution in [-0.2, 0) is 0 Å². The lowest BCUT2D eigenvalue weighted by Gasteiger charge is -2.13. The van der Waals surface area contributed by atoms with Gasteiger partial charge in [-0.3, -0.25) is 5.73 Å². The second-order valence-electron chi connectivity index (χ2n) is 3.80. The van der Waals surface area contributed by atoms with Crippen molar-refractivity contribution in [1.82, 2.24) is 0 Å². The van der Waals surface area contributed by atoms with Gasteiger partial charge in [-0.2, -0.15) is 0 Å². The minimum atomic E-state index is -1.06.